The molecule has 4 aromatic carbocycles. The second-order valence-electron chi connectivity index (χ2n) is 9.50. The van der Waals surface area contributed by atoms with Crippen LogP contribution >= 0.6 is 0 Å². The van der Waals surface area contributed by atoms with Crippen LogP contribution in [-0.2, 0) is 5.54 Å². The van der Waals surface area contributed by atoms with Crippen molar-refractivity contribution in [3.8, 4) is 0 Å². The molecule has 0 saturated carbocycles. The number of carbonyl (C=O) groups excluding carboxylic acids is 2. The maximum atomic E-state index is 12.8. The van der Waals surface area contributed by atoms with Crippen LogP contribution in [0.5, 0.6) is 0 Å². The Hall–Kier alpha value is -5.72. The van der Waals surface area contributed by atoms with Crippen LogP contribution in [0, 0.1) is 0 Å². The van der Waals surface area contributed by atoms with Gasteiger partial charge in [-0.05, 0) is 45.5 Å². The number of hydrogen-bond acceptors (Lipinski definition) is 4. The summed E-state index contributed by atoms with van der Waals surface area (Å²) in [5.41, 5.74) is 12.7. The third-order valence-electron chi connectivity index (χ3n) is 7.23. The molecule has 2 heterocycles. The Bertz CT molecular complexity index is 1680. The zero-order chi connectivity index (χ0) is 28.2. The van der Waals surface area contributed by atoms with Crippen LogP contribution in [0.4, 0.5) is 5.95 Å². The summed E-state index contributed by atoms with van der Waals surface area (Å²) in [4.78, 5) is 34.5. The Labute approximate surface area is 236 Å². The molecule has 0 spiro atoms. The van der Waals surface area contributed by atoms with E-state index in [0.717, 1.165) is 16.7 Å². The number of amides is 2. The molecule has 41 heavy (non-hydrogen) atoms. The highest BCUT2D eigenvalue weighted by Crippen LogP contribution is 2.43. The summed E-state index contributed by atoms with van der Waals surface area (Å²) in [7, 11) is 0. The lowest BCUT2D eigenvalue weighted by molar-refractivity contribution is 0.0672. The fourth-order valence-electron chi connectivity index (χ4n) is 5.47. The molecular formula is C33H24N6O2. The summed E-state index contributed by atoms with van der Waals surface area (Å²) in [6.45, 7) is 0.0806. The summed E-state index contributed by atoms with van der Waals surface area (Å²) in [6, 6.07) is 36.8. The quantitative estimate of drug-likeness (QED) is 0.0703. The zero-order valence-corrected chi connectivity index (χ0v) is 21.9. The lowest BCUT2D eigenvalue weighted by atomic mass is 9.76. The van der Waals surface area contributed by atoms with Gasteiger partial charge < -0.3 is 4.57 Å². The average Bonchev–Trinajstić information content (AvgIpc) is 3.53. The lowest BCUT2D eigenvalue weighted by Gasteiger charge is -2.38. The molecule has 0 N–H and O–H groups in total. The first-order chi connectivity index (χ1) is 20.1. The number of imidazole rings is 1. The minimum absolute atomic E-state index is 0.0806. The maximum absolute atomic E-state index is 12.8. The Morgan fingerprint density at radius 2 is 1.20 bits per heavy atom. The molecule has 8 heteroatoms. The van der Waals surface area contributed by atoms with Crippen molar-refractivity contribution in [1.82, 2.24) is 14.5 Å². The fraction of sp³-hybridized carbons (Fsp3) is 0.0606. The van der Waals surface area contributed by atoms with Gasteiger partial charge in [-0.1, -0.05) is 109 Å². The maximum Gasteiger partial charge on any atom is 0.261 e. The number of hydrogen-bond donors (Lipinski definition) is 0. The summed E-state index contributed by atoms with van der Waals surface area (Å²) in [6.07, 6.45) is 5.27. The van der Waals surface area contributed by atoms with Gasteiger partial charge in [-0.2, -0.15) is 0 Å². The number of azide groups is 1. The van der Waals surface area contributed by atoms with Gasteiger partial charge in [0.15, 0.2) is 5.95 Å². The van der Waals surface area contributed by atoms with Gasteiger partial charge in [0.25, 0.3) is 11.8 Å². The molecule has 0 aliphatic carbocycles. The number of carbonyl (C=O) groups is 2. The van der Waals surface area contributed by atoms with E-state index in [9.17, 15) is 15.1 Å². The van der Waals surface area contributed by atoms with Gasteiger partial charge in [-0.15, -0.1) is 0 Å². The molecule has 0 radical (unpaired) electrons. The molecule has 0 bridgehead atoms. The van der Waals surface area contributed by atoms with Gasteiger partial charge in [-0.25, -0.2) is 4.98 Å². The minimum atomic E-state index is -0.922. The Kier molecular flexibility index (Phi) is 6.73. The molecule has 1 aliphatic rings. The molecule has 0 atom stereocenters. The largest absolute Gasteiger partial charge is 0.310 e. The molecule has 6 rings (SSSR count). The zero-order valence-electron chi connectivity index (χ0n) is 21.9. The van der Waals surface area contributed by atoms with Crippen molar-refractivity contribution in [2.24, 2.45) is 5.11 Å². The monoisotopic (exact) mass is 536 g/mol. The van der Waals surface area contributed by atoms with E-state index in [4.69, 9.17) is 0 Å². The molecule has 8 nitrogen and oxygen atoms in total. The van der Waals surface area contributed by atoms with Crippen LogP contribution < -0.4 is 0 Å². The van der Waals surface area contributed by atoms with E-state index in [1.54, 1.807) is 36.4 Å². The smallest absolute Gasteiger partial charge is 0.261 e. The van der Waals surface area contributed by atoms with Crippen LogP contribution in [-0.4, -0.2) is 32.8 Å². The van der Waals surface area contributed by atoms with E-state index >= 15 is 0 Å². The number of rotatable bonds is 8. The van der Waals surface area contributed by atoms with Gasteiger partial charge in [0.05, 0.1) is 16.8 Å². The minimum Gasteiger partial charge on any atom is -0.310 e. The van der Waals surface area contributed by atoms with E-state index in [-0.39, 0.29) is 24.3 Å². The predicted molar refractivity (Wildman–Crippen MR) is 156 cm³/mol. The summed E-state index contributed by atoms with van der Waals surface area (Å²) in [5, 5.41) is 3.99. The number of nitrogens with zero attached hydrogens (tertiary/aromatic N) is 6. The third kappa shape index (κ3) is 4.38. The SMILES string of the molecule is [N-]=[N+]=Nc1nc(/C=C/CN2C(=O)c3ccccc3C2=O)cn1C(c1ccccc1)(c1ccccc1)c1ccccc1. The van der Waals surface area contributed by atoms with E-state index < -0.39 is 5.54 Å². The number of imide groups is 1. The van der Waals surface area contributed by atoms with Gasteiger partial charge >= 0.3 is 0 Å². The molecule has 0 saturated heterocycles. The highest BCUT2D eigenvalue weighted by Gasteiger charge is 2.40. The first-order valence-electron chi connectivity index (χ1n) is 13.1. The van der Waals surface area contributed by atoms with Crippen LogP contribution in [0.1, 0.15) is 43.1 Å². The predicted octanol–water partition coefficient (Wildman–Crippen LogP) is 6.97. The highest BCUT2D eigenvalue weighted by molar-refractivity contribution is 6.21. The van der Waals surface area contributed by atoms with Crippen LogP contribution in [0.3, 0.4) is 0 Å². The van der Waals surface area contributed by atoms with Crippen molar-refractivity contribution in [3.05, 3.63) is 171 Å². The van der Waals surface area contributed by atoms with E-state index in [1.807, 2.05) is 102 Å². The van der Waals surface area contributed by atoms with Gasteiger partial charge in [0.2, 0.25) is 0 Å². The van der Waals surface area contributed by atoms with Crippen molar-refractivity contribution in [1.29, 1.82) is 0 Å². The molecular weight excluding hydrogens is 512 g/mol. The summed E-state index contributed by atoms with van der Waals surface area (Å²) < 4.78 is 1.88. The van der Waals surface area contributed by atoms with E-state index in [2.05, 4.69) is 15.0 Å². The van der Waals surface area contributed by atoms with Crippen LogP contribution in [0.25, 0.3) is 16.5 Å². The normalized spacial score (nSPS) is 12.9. The summed E-state index contributed by atoms with van der Waals surface area (Å²) in [5.74, 6) is -0.483. The second-order valence-corrected chi connectivity index (χ2v) is 9.50. The first-order valence-corrected chi connectivity index (χ1v) is 13.1. The number of benzene rings is 4. The standard InChI is InChI=1S/C33H24N6O2/c34-37-36-32-35-27(19-12-22-38-30(40)28-20-10-11-21-29(28)31(38)41)23-39(32)33(24-13-4-1-5-14-24,25-15-6-2-7-16-25)26-17-8-3-9-18-26/h1-21,23H,22H2/b19-12+. The lowest BCUT2D eigenvalue weighted by Crippen LogP contribution is -2.37. The molecule has 0 fully saturated rings. The Balaban J connectivity index is 1.47. The Morgan fingerprint density at radius 1 is 0.732 bits per heavy atom. The van der Waals surface area contributed by atoms with E-state index in [1.165, 1.54) is 4.90 Å². The third-order valence-corrected chi connectivity index (χ3v) is 7.23. The number of fused-ring (bicyclic) bond motifs is 1. The fourth-order valence-corrected chi connectivity index (χ4v) is 5.47. The number of aromatic nitrogens is 2. The highest BCUT2D eigenvalue weighted by atomic mass is 16.2. The van der Waals surface area contributed by atoms with Gasteiger partial charge in [0.1, 0.15) is 5.54 Å². The first kappa shape index (κ1) is 25.6. The molecule has 1 aromatic heterocycles. The van der Waals surface area contributed by atoms with Crippen LogP contribution in [0.2, 0.25) is 0 Å². The molecule has 5 aromatic rings. The molecule has 0 unspecified atom stereocenters. The van der Waals surface area contributed by atoms with Crippen molar-refractivity contribution < 1.29 is 9.59 Å². The van der Waals surface area contributed by atoms with Gasteiger partial charge in [-0.3, -0.25) is 14.5 Å². The van der Waals surface area contributed by atoms with Crippen molar-refractivity contribution in [2.75, 3.05) is 6.54 Å². The molecule has 198 valence electrons. The van der Waals surface area contributed by atoms with Crippen molar-refractivity contribution >= 4 is 23.8 Å². The van der Waals surface area contributed by atoms with E-state index in [0.29, 0.717) is 16.8 Å². The topological polar surface area (TPSA) is 104 Å². The average molecular weight is 537 g/mol. The van der Waals surface area contributed by atoms with Crippen LogP contribution in [0.15, 0.2) is 133 Å². The molecule has 1 aliphatic heterocycles. The Morgan fingerprint density at radius 3 is 1.66 bits per heavy atom. The van der Waals surface area contributed by atoms with Crippen molar-refractivity contribution in [3.63, 3.8) is 0 Å². The summed E-state index contributed by atoms with van der Waals surface area (Å²) >= 11 is 0. The van der Waals surface area contributed by atoms with Gasteiger partial charge in [0, 0.05) is 17.7 Å². The van der Waals surface area contributed by atoms with Crippen molar-refractivity contribution in [2.45, 2.75) is 5.54 Å². The molecule has 2 amide bonds. The second kappa shape index (κ2) is 10.8.